The third-order valence-corrected chi connectivity index (χ3v) is 5.82. The molecule has 32 heavy (non-hydrogen) atoms. The second-order valence-corrected chi connectivity index (χ2v) is 7.70. The normalized spacial score (nSPS) is 12.8. The first-order valence-electron chi connectivity index (χ1n) is 10.1. The van der Waals surface area contributed by atoms with Crippen LogP contribution in [0.4, 0.5) is 0 Å². The molecule has 0 radical (unpaired) electrons. The Labute approximate surface area is 189 Å². The van der Waals surface area contributed by atoms with Crippen LogP contribution in [0.3, 0.4) is 0 Å². The molecule has 162 valence electrons. The lowest BCUT2D eigenvalue weighted by Crippen LogP contribution is -2.34. The number of benzene rings is 2. The first-order chi connectivity index (χ1) is 15.1. The molecule has 2 aromatic carbocycles. The molecule has 1 atom stereocenters. The van der Waals surface area contributed by atoms with Gasteiger partial charge in [-0.1, -0.05) is 42.5 Å². The number of imidazole rings is 1. The van der Waals surface area contributed by atoms with E-state index in [0.717, 1.165) is 11.3 Å². The van der Waals surface area contributed by atoms with Crippen LogP contribution in [0.15, 0.2) is 65.8 Å². The Morgan fingerprint density at radius 3 is 2.44 bits per heavy atom. The Morgan fingerprint density at radius 2 is 1.72 bits per heavy atom. The fraction of sp³-hybridized carbons (Fsp3) is 0.167. The van der Waals surface area contributed by atoms with E-state index in [-0.39, 0.29) is 42.5 Å². The van der Waals surface area contributed by atoms with E-state index in [0.29, 0.717) is 34.0 Å². The van der Waals surface area contributed by atoms with Crippen LogP contribution >= 0.6 is 12.4 Å². The van der Waals surface area contributed by atoms with Gasteiger partial charge in [0.1, 0.15) is 0 Å². The van der Waals surface area contributed by atoms with Gasteiger partial charge in [-0.15, -0.1) is 12.4 Å². The number of nitrogens with two attached hydrogens (primary N) is 1. The number of Topliss-reactive ketones (excluding diaryl/α,β-unsaturated/α-hetero) is 1. The second-order valence-electron chi connectivity index (χ2n) is 7.70. The van der Waals surface area contributed by atoms with E-state index in [1.807, 2.05) is 24.3 Å². The summed E-state index contributed by atoms with van der Waals surface area (Å²) in [7, 11) is 0. The molecule has 1 aliphatic rings. The highest BCUT2D eigenvalue weighted by atomic mass is 35.5. The molecule has 7 nitrogen and oxygen atoms in total. The number of nitrogens with zero attached hydrogens (tertiary/aromatic N) is 2. The van der Waals surface area contributed by atoms with Gasteiger partial charge in [0.15, 0.2) is 11.6 Å². The molecule has 1 aliphatic carbocycles. The van der Waals surface area contributed by atoms with E-state index in [4.69, 9.17) is 5.73 Å². The summed E-state index contributed by atoms with van der Waals surface area (Å²) in [4.78, 5) is 46.1. The predicted molar refractivity (Wildman–Crippen MR) is 124 cm³/mol. The zero-order valence-corrected chi connectivity index (χ0v) is 17.9. The SMILES string of the molecule is Cl.NC(Cc1cnc[nH]1)C(=O)CCn1c2c(c3ccccc3c1=O)C(=O)c1ccccc1-2. The van der Waals surface area contributed by atoms with Gasteiger partial charge in [0, 0.05) is 53.2 Å². The first kappa shape index (κ1) is 21.7. The molecule has 0 bridgehead atoms. The fourth-order valence-electron chi connectivity index (χ4n) is 4.30. The minimum absolute atomic E-state index is 0. The molecular formula is C24H21ClN4O3. The number of H-pyrrole nitrogens is 1. The molecule has 0 aliphatic heterocycles. The Kier molecular flexibility index (Phi) is 5.78. The number of carbonyl (C=O) groups excluding carboxylic acids is 2. The molecule has 0 saturated carbocycles. The maximum atomic E-state index is 13.3. The third-order valence-electron chi connectivity index (χ3n) is 5.82. The van der Waals surface area contributed by atoms with Crippen molar-refractivity contribution in [3.63, 3.8) is 0 Å². The Balaban J connectivity index is 0.00000245. The van der Waals surface area contributed by atoms with Crippen molar-refractivity contribution in [1.82, 2.24) is 14.5 Å². The number of aromatic amines is 1. The van der Waals surface area contributed by atoms with Gasteiger partial charge in [0.05, 0.1) is 23.6 Å². The summed E-state index contributed by atoms with van der Waals surface area (Å²) < 4.78 is 1.56. The number of hydrogen-bond acceptors (Lipinski definition) is 5. The summed E-state index contributed by atoms with van der Waals surface area (Å²) in [5.41, 5.74) is 9.04. The molecule has 0 amide bonds. The van der Waals surface area contributed by atoms with E-state index in [1.54, 1.807) is 41.4 Å². The zero-order chi connectivity index (χ0) is 21.5. The van der Waals surface area contributed by atoms with Crippen molar-refractivity contribution >= 4 is 34.7 Å². The lowest BCUT2D eigenvalue weighted by Gasteiger charge is -2.16. The van der Waals surface area contributed by atoms with E-state index >= 15 is 0 Å². The summed E-state index contributed by atoms with van der Waals surface area (Å²) in [6.45, 7) is 0.156. The molecule has 0 saturated heterocycles. The van der Waals surface area contributed by atoms with E-state index in [9.17, 15) is 14.4 Å². The first-order valence-corrected chi connectivity index (χ1v) is 10.1. The predicted octanol–water partition coefficient (Wildman–Crippen LogP) is 2.89. The smallest absolute Gasteiger partial charge is 0.258 e. The molecular weight excluding hydrogens is 428 g/mol. The van der Waals surface area contributed by atoms with Gasteiger partial charge >= 0.3 is 0 Å². The van der Waals surface area contributed by atoms with Crippen molar-refractivity contribution in [2.75, 3.05) is 0 Å². The lowest BCUT2D eigenvalue weighted by molar-refractivity contribution is -0.120. The van der Waals surface area contributed by atoms with Crippen LogP contribution in [-0.4, -0.2) is 32.1 Å². The average molecular weight is 449 g/mol. The lowest BCUT2D eigenvalue weighted by atomic mass is 10.0. The van der Waals surface area contributed by atoms with Gasteiger partial charge < -0.3 is 15.3 Å². The van der Waals surface area contributed by atoms with Crippen LogP contribution in [0.1, 0.15) is 28.0 Å². The highest BCUT2D eigenvalue weighted by molar-refractivity contribution is 6.26. The van der Waals surface area contributed by atoms with Gasteiger partial charge in [0.2, 0.25) is 0 Å². The second kappa shape index (κ2) is 8.53. The van der Waals surface area contributed by atoms with Crippen LogP contribution in [-0.2, 0) is 17.8 Å². The van der Waals surface area contributed by atoms with Crippen molar-refractivity contribution in [3.05, 3.63) is 88.2 Å². The van der Waals surface area contributed by atoms with Crippen LogP contribution in [0.5, 0.6) is 0 Å². The fourth-order valence-corrected chi connectivity index (χ4v) is 4.30. The monoisotopic (exact) mass is 448 g/mol. The van der Waals surface area contributed by atoms with Crippen molar-refractivity contribution in [1.29, 1.82) is 0 Å². The largest absolute Gasteiger partial charge is 0.348 e. The highest BCUT2D eigenvalue weighted by Gasteiger charge is 2.32. The number of nitrogens with one attached hydrogen (secondary N) is 1. The Hall–Kier alpha value is -3.55. The van der Waals surface area contributed by atoms with Gasteiger partial charge in [-0.25, -0.2) is 4.98 Å². The van der Waals surface area contributed by atoms with E-state index in [1.165, 1.54) is 0 Å². The van der Waals surface area contributed by atoms with Crippen molar-refractivity contribution in [3.8, 4) is 11.3 Å². The molecule has 4 aromatic rings. The third kappa shape index (κ3) is 3.45. The quantitative estimate of drug-likeness (QED) is 0.415. The van der Waals surface area contributed by atoms with Gasteiger partial charge in [-0.2, -0.15) is 0 Å². The van der Waals surface area contributed by atoms with Crippen LogP contribution in [0.25, 0.3) is 22.0 Å². The van der Waals surface area contributed by atoms with Crippen molar-refractivity contribution in [2.45, 2.75) is 25.4 Å². The van der Waals surface area contributed by atoms with Crippen LogP contribution in [0, 0.1) is 0 Å². The summed E-state index contributed by atoms with van der Waals surface area (Å²) >= 11 is 0. The van der Waals surface area contributed by atoms with Gasteiger partial charge in [-0.05, 0) is 6.07 Å². The maximum Gasteiger partial charge on any atom is 0.258 e. The summed E-state index contributed by atoms with van der Waals surface area (Å²) in [5, 5.41) is 1.11. The minimum Gasteiger partial charge on any atom is -0.348 e. The Bertz CT molecular complexity index is 1390. The van der Waals surface area contributed by atoms with Gasteiger partial charge in [-0.3, -0.25) is 14.4 Å². The number of halogens is 1. The number of carbonyl (C=O) groups is 2. The average Bonchev–Trinajstić information content (AvgIpc) is 3.40. The van der Waals surface area contributed by atoms with Crippen molar-refractivity contribution < 1.29 is 9.59 Å². The number of pyridine rings is 1. The topological polar surface area (TPSA) is 111 Å². The molecule has 8 heteroatoms. The van der Waals surface area contributed by atoms with Crippen molar-refractivity contribution in [2.24, 2.45) is 5.73 Å². The Morgan fingerprint density at radius 1 is 1.03 bits per heavy atom. The molecule has 0 spiro atoms. The van der Waals surface area contributed by atoms with E-state index < -0.39 is 6.04 Å². The molecule has 3 N–H and O–H groups in total. The van der Waals surface area contributed by atoms with Crippen LogP contribution < -0.4 is 11.3 Å². The molecule has 2 aromatic heterocycles. The summed E-state index contributed by atoms with van der Waals surface area (Å²) in [6.07, 6.45) is 3.62. The summed E-state index contributed by atoms with van der Waals surface area (Å²) in [5.74, 6) is -0.251. The molecule has 0 fully saturated rings. The maximum absolute atomic E-state index is 13.3. The van der Waals surface area contributed by atoms with E-state index in [2.05, 4.69) is 9.97 Å². The van der Waals surface area contributed by atoms with Gasteiger partial charge in [0.25, 0.3) is 5.56 Å². The molecule has 5 rings (SSSR count). The number of rotatable bonds is 6. The highest BCUT2D eigenvalue weighted by Crippen LogP contribution is 2.39. The zero-order valence-electron chi connectivity index (χ0n) is 17.1. The summed E-state index contributed by atoms with van der Waals surface area (Å²) in [6, 6.07) is 13.7. The number of aromatic nitrogens is 3. The van der Waals surface area contributed by atoms with Crippen LogP contribution in [0.2, 0.25) is 0 Å². The number of hydrogen-bond donors (Lipinski definition) is 2. The number of ketones is 2. The molecule has 1 unspecified atom stereocenters. The standard InChI is InChI=1S/C24H20N4O3.ClH/c25-19(11-14-12-26-13-27-14)20(29)9-10-28-22-16-6-2-3-7-17(16)23(30)21(22)15-5-1-4-8-18(15)24(28)31;/h1-8,12-13,19H,9-11,25H2,(H,26,27);1H. The number of fused-ring (bicyclic) bond motifs is 5. The minimum atomic E-state index is -0.696. The molecule has 2 heterocycles.